The van der Waals surface area contributed by atoms with E-state index in [0.717, 1.165) is 16.9 Å². The van der Waals surface area contributed by atoms with Crippen molar-refractivity contribution in [2.24, 2.45) is 5.10 Å². The van der Waals surface area contributed by atoms with Crippen LogP contribution in [0.3, 0.4) is 0 Å². The molecule has 0 radical (unpaired) electrons. The summed E-state index contributed by atoms with van der Waals surface area (Å²) in [7, 11) is 3.25. The maximum absolute atomic E-state index is 11.9. The van der Waals surface area contributed by atoms with Crippen LogP contribution in [0.5, 0.6) is 5.75 Å². The first kappa shape index (κ1) is 16.2. The predicted octanol–water partition coefficient (Wildman–Crippen LogP) is 3.06. The van der Waals surface area contributed by atoms with Gasteiger partial charge in [-0.25, -0.2) is 5.43 Å². The van der Waals surface area contributed by atoms with Crippen LogP contribution in [0.1, 0.15) is 27.7 Å². The Labute approximate surface area is 133 Å². The molecule has 1 aromatic carbocycles. The molecular formula is C16H18N2O3S. The summed E-state index contributed by atoms with van der Waals surface area (Å²) < 4.78 is 10.5. The lowest BCUT2D eigenvalue weighted by molar-refractivity contribution is 0.0959. The largest absolute Gasteiger partial charge is 0.496 e. The van der Waals surface area contributed by atoms with Crippen LogP contribution in [0.4, 0.5) is 0 Å². The lowest BCUT2D eigenvalue weighted by Crippen LogP contribution is -2.18. The molecule has 5 nitrogen and oxygen atoms in total. The van der Waals surface area contributed by atoms with Crippen molar-refractivity contribution in [2.45, 2.75) is 13.5 Å². The Morgan fingerprint density at radius 3 is 2.77 bits per heavy atom. The molecule has 1 aromatic heterocycles. The third-order valence-electron chi connectivity index (χ3n) is 3.07. The van der Waals surface area contributed by atoms with E-state index in [1.807, 2.05) is 36.6 Å². The molecule has 0 unspecified atom stereocenters. The van der Waals surface area contributed by atoms with Crippen molar-refractivity contribution in [3.8, 4) is 5.75 Å². The van der Waals surface area contributed by atoms with Crippen LogP contribution in [-0.2, 0) is 11.3 Å². The molecule has 0 spiro atoms. The summed E-state index contributed by atoms with van der Waals surface area (Å²) in [5.41, 5.74) is 5.11. The molecule has 2 rings (SSSR count). The van der Waals surface area contributed by atoms with Crippen LogP contribution in [-0.4, -0.2) is 25.8 Å². The van der Waals surface area contributed by atoms with E-state index in [-0.39, 0.29) is 5.91 Å². The topological polar surface area (TPSA) is 59.9 Å². The van der Waals surface area contributed by atoms with Crippen molar-refractivity contribution in [1.82, 2.24) is 5.43 Å². The lowest BCUT2D eigenvalue weighted by Gasteiger charge is -2.10. The van der Waals surface area contributed by atoms with Gasteiger partial charge in [0.25, 0.3) is 5.91 Å². The first-order valence-electron chi connectivity index (χ1n) is 6.70. The van der Waals surface area contributed by atoms with Crippen LogP contribution in [0.15, 0.2) is 40.8 Å². The molecule has 1 amide bonds. The average Bonchev–Trinajstić information content (AvgIpc) is 3.07. The van der Waals surface area contributed by atoms with E-state index < -0.39 is 0 Å². The molecule has 0 fully saturated rings. The zero-order valence-electron chi connectivity index (χ0n) is 12.8. The molecule has 22 heavy (non-hydrogen) atoms. The maximum Gasteiger partial charge on any atom is 0.281 e. The number of carbonyl (C=O) groups is 1. The molecule has 1 heterocycles. The summed E-state index contributed by atoms with van der Waals surface area (Å²) >= 11 is 1.38. The number of benzene rings is 1. The Bertz CT molecular complexity index is 666. The van der Waals surface area contributed by atoms with Gasteiger partial charge in [-0.2, -0.15) is 5.10 Å². The van der Waals surface area contributed by atoms with Crippen molar-refractivity contribution in [3.05, 3.63) is 51.7 Å². The molecule has 6 heteroatoms. The zero-order valence-corrected chi connectivity index (χ0v) is 13.6. The highest BCUT2D eigenvalue weighted by Gasteiger charge is 2.08. The minimum atomic E-state index is -0.208. The smallest absolute Gasteiger partial charge is 0.281 e. The van der Waals surface area contributed by atoms with Crippen molar-refractivity contribution in [1.29, 1.82) is 0 Å². The van der Waals surface area contributed by atoms with Gasteiger partial charge in [-0.3, -0.25) is 4.79 Å². The molecular weight excluding hydrogens is 300 g/mol. The fourth-order valence-corrected chi connectivity index (χ4v) is 2.55. The maximum atomic E-state index is 11.9. The van der Waals surface area contributed by atoms with Crippen LogP contribution < -0.4 is 10.2 Å². The van der Waals surface area contributed by atoms with Crippen LogP contribution in [0.2, 0.25) is 0 Å². The second kappa shape index (κ2) is 7.72. The minimum Gasteiger partial charge on any atom is -0.496 e. The fourth-order valence-electron chi connectivity index (χ4n) is 1.93. The highest BCUT2D eigenvalue weighted by molar-refractivity contribution is 7.12. The fraction of sp³-hybridized carbons (Fsp3) is 0.250. The number of amides is 1. The van der Waals surface area contributed by atoms with E-state index in [4.69, 9.17) is 9.47 Å². The minimum absolute atomic E-state index is 0.208. The number of rotatable bonds is 6. The van der Waals surface area contributed by atoms with Crippen LogP contribution in [0.25, 0.3) is 0 Å². The Kier molecular flexibility index (Phi) is 5.68. The second-order valence-corrected chi connectivity index (χ2v) is 5.52. The molecule has 0 saturated heterocycles. The number of methoxy groups -OCH3 is 2. The number of hydrogen-bond acceptors (Lipinski definition) is 5. The van der Waals surface area contributed by atoms with Crippen molar-refractivity contribution >= 4 is 23.0 Å². The Morgan fingerprint density at radius 2 is 2.14 bits per heavy atom. The molecule has 2 aromatic rings. The first-order valence-corrected chi connectivity index (χ1v) is 7.58. The van der Waals surface area contributed by atoms with Gasteiger partial charge in [0, 0.05) is 12.7 Å². The van der Waals surface area contributed by atoms with Crippen molar-refractivity contribution in [2.75, 3.05) is 14.2 Å². The van der Waals surface area contributed by atoms with E-state index >= 15 is 0 Å². The molecule has 0 saturated carbocycles. The number of thiophene rings is 1. The quantitative estimate of drug-likeness (QED) is 0.658. The molecule has 116 valence electrons. The summed E-state index contributed by atoms with van der Waals surface area (Å²) in [6.07, 6.45) is 0. The summed E-state index contributed by atoms with van der Waals surface area (Å²) in [5, 5.41) is 6.00. The van der Waals surface area contributed by atoms with Gasteiger partial charge in [0.1, 0.15) is 5.75 Å². The zero-order chi connectivity index (χ0) is 15.9. The van der Waals surface area contributed by atoms with Gasteiger partial charge in [-0.1, -0.05) is 6.07 Å². The van der Waals surface area contributed by atoms with Gasteiger partial charge in [0.15, 0.2) is 0 Å². The summed E-state index contributed by atoms with van der Waals surface area (Å²) in [5.74, 6) is 0.556. The van der Waals surface area contributed by atoms with Crippen LogP contribution >= 0.6 is 11.3 Å². The first-order chi connectivity index (χ1) is 10.7. The number of carbonyl (C=O) groups excluding carboxylic acids is 1. The Hall–Kier alpha value is -2.18. The number of ether oxygens (including phenoxy) is 2. The lowest BCUT2D eigenvalue weighted by atomic mass is 10.1. The average molecular weight is 318 g/mol. The van der Waals surface area contributed by atoms with E-state index in [2.05, 4.69) is 10.5 Å². The van der Waals surface area contributed by atoms with Crippen molar-refractivity contribution in [3.63, 3.8) is 0 Å². The number of hydrazone groups is 1. The highest BCUT2D eigenvalue weighted by atomic mass is 32.1. The molecule has 1 N–H and O–H groups in total. The predicted molar refractivity (Wildman–Crippen MR) is 87.7 cm³/mol. The number of hydrogen-bond donors (Lipinski definition) is 1. The SMILES string of the molecule is COCc1cc(/C(C)=N\NC(=O)c2cccs2)ccc1OC. The summed E-state index contributed by atoms with van der Waals surface area (Å²) in [4.78, 5) is 12.5. The van der Waals surface area contributed by atoms with Gasteiger partial charge in [-0.05, 0) is 42.1 Å². The van der Waals surface area contributed by atoms with Gasteiger partial charge >= 0.3 is 0 Å². The van der Waals surface area contributed by atoms with E-state index in [0.29, 0.717) is 17.2 Å². The Balaban J connectivity index is 2.14. The second-order valence-electron chi connectivity index (χ2n) is 4.58. The number of nitrogens with one attached hydrogen (secondary N) is 1. The van der Waals surface area contributed by atoms with E-state index in [1.54, 1.807) is 20.3 Å². The third kappa shape index (κ3) is 3.93. The third-order valence-corrected chi connectivity index (χ3v) is 3.94. The van der Waals surface area contributed by atoms with Gasteiger partial charge in [-0.15, -0.1) is 11.3 Å². The molecule has 0 aliphatic carbocycles. The van der Waals surface area contributed by atoms with E-state index in [9.17, 15) is 4.79 Å². The van der Waals surface area contributed by atoms with Gasteiger partial charge < -0.3 is 9.47 Å². The van der Waals surface area contributed by atoms with Crippen molar-refractivity contribution < 1.29 is 14.3 Å². The molecule has 0 aliphatic heterocycles. The molecule has 0 bridgehead atoms. The van der Waals surface area contributed by atoms with Gasteiger partial charge in [0.05, 0.1) is 24.3 Å². The summed E-state index contributed by atoms with van der Waals surface area (Å²) in [6, 6.07) is 9.29. The monoisotopic (exact) mass is 318 g/mol. The summed E-state index contributed by atoms with van der Waals surface area (Å²) in [6.45, 7) is 2.29. The molecule has 0 aliphatic rings. The molecule has 0 atom stereocenters. The van der Waals surface area contributed by atoms with E-state index in [1.165, 1.54) is 11.3 Å². The Morgan fingerprint density at radius 1 is 1.32 bits per heavy atom. The normalized spacial score (nSPS) is 11.3. The highest BCUT2D eigenvalue weighted by Crippen LogP contribution is 2.21. The number of nitrogens with zero attached hydrogens (tertiary/aromatic N) is 1. The van der Waals surface area contributed by atoms with Crippen LogP contribution in [0, 0.1) is 0 Å². The standard InChI is InChI=1S/C16H18N2O3S/c1-11(17-18-16(19)15-5-4-8-22-15)12-6-7-14(21-3)13(9-12)10-20-2/h4-9H,10H2,1-3H3,(H,18,19)/b17-11-. The van der Waals surface area contributed by atoms with Gasteiger partial charge in [0.2, 0.25) is 0 Å².